The van der Waals surface area contributed by atoms with E-state index in [2.05, 4.69) is 0 Å². The van der Waals surface area contributed by atoms with Crippen LogP contribution in [0.1, 0.15) is 23.3 Å². The highest BCUT2D eigenvalue weighted by Gasteiger charge is 2.39. The highest BCUT2D eigenvalue weighted by Crippen LogP contribution is 2.48. The first-order valence-electron chi connectivity index (χ1n) is 6.35. The molecule has 0 spiro atoms. The van der Waals surface area contributed by atoms with Crippen molar-refractivity contribution in [3.8, 4) is 23.0 Å². The number of ether oxygens (including phenoxy) is 1. The van der Waals surface area contributed by atoms with Crippen LogP contribution in [0.25, 0.3) is 0 Å². The first-order chi connectivity index (χ1) is 9.99. The first-order valence-corrected chi connectivity index (χ1v) is 6.35. The summed E-state index contributed by atoms with van der Waals surface area (Å²) in [5, 5.41) is 49.0. The van der Waals surface area contributed by atoms with E-state index in [-0.39, 0.29) is 22.8 Å². The maximum Gasteiger partial charge on any atom is 0.200 e. The van der Waals surface area contributed by atoms with Crippen molar-refractivity contribution in [1.29, 1.82) is 0 Å². The van der Waals surface area contributed by atoms with Crippen LogP contribution >= 0.6 is 0 Å². The Labute approximate surface area is 120 Å². The summed E-state index contributed by atoms with van der Waals surface area (Å²) in [6, 6.07) is 8.53. The van der Waals surface area contributed by atoms with Crippen molar-refractivity contribution in [2.45, 2.75) is 18.3 Å². The van der Waals surface area contributed by atoms with Crippen molar-refractivity contribution < 1.29 is 30.3 Å². The summed E-state index contributed by atoms with van der Waals surface area (Å²) in [6.07, 6.45) is -3.44. The third-order valence-corrected chi connectivity index (χ3v) is 3.56. The zero-order valence-corrected chi connectivity index (χ0v) is 10.8. The van der Waals surface area contributed by atoms with Gasteiger partial charge in [-0.05, 0) is 29.8 Å². The monoisotopic (exact) mass is 290 g/mol. The zero-order valence-electron chi connectivity index (χ0n) is 10.8. The van der Waals surface area contributed by atoms with Gasteiger partial charge in [-0.1, -0.05) is 12.1 Å². The molecule has 0 fully saturated rings. The number of hydrogen-bond donors (Lipinski definition) is 5. The third-order valence-electron chi connectivity index (χ3n) is 3.56. The number of hydrogen-bond acceptors (Lipinski definition) is 6. The molecule has 1 heterocycles. The summed E-state index contributed by atoms with van der Waals surface area (Å²) >= 11 is 0. The molecule has 5 N–H and O–H groups in total. The van der Waals surface area contributed by atoms with Crippen LogP contribution in [0.4, 0.5) is 0 Å². The van der Waals surface area contributed by atoms with Gasteiger partial charge in [0.15, 0.2) is 17.6 Å². The Hall–Kier alpha value is -2.44. The van der Waals surface area contributed by atoms with Gasteiger partial charge in [0.25, 0.3) is 0 Å². The molecule has 2 aromatic carbocycles. The van der Waals surface area contributed by atoms with E-state index >= 15 is 0 Å². The predicted octanol–water partition coefficient (Wildman–Crippen LogP) is 1.33. The number of aliphatic hydroxyl groups excluding tert-OH is 2. The van der Waals surface area contributed by atoms with Crippen LogP contribution in [0.15, 0.2) is 36.4 Å². The van der Waals surface area contributed by atoms with Crippen LogP contribution in [0.3, 0.4) is 0 Å². The Morgan fingerprint density at radius 1 is 0.857 bits per heavy atom. The Bertz CT molecular complexity index is 667. The minimum absolute atomic E-state index is 0.0606. The highest BCUT2D eigenvalue weighted by molar-refractivity contribution is 5.56. The molecule has 0 unspecified atom stereocenters. The fourth-order valence-corrected chi connectivity index (χ4v) is 2.41. The fourth-order valence-electron chi connectivity index (χ4n) is 2.41. The van der Waals surface area contributed by atoms with Crippen LogP contribution < -0.4 is 4.74 Å². The summed E-state index contributed by atoms with van der Waals surface area (Å²) in [7, 11) is 0. The summed E-state index contributed by atoms with van der Waals surface area (Å²) in [6.45, 7) is 0. The lowest BCUT2D eigenvalue weighted by molar-refractivity contribution is -0.0710. The lowest BCUT2D eigenvalue weighted by Gasteiger charge is -2.34. The lowest BCUT2D eigenvalue weighted by atomic mass is 9.92. The fraction of sp³-hybridized carbons (Fsp3) is 0.200. The number of benzene rings is 2. The van der Waals surface area contributed by atoms with Crippen molar-refractivity contribution in [3.05, 3.63) is 47.5 Å². The second-order valence-corrected chi connectivity index (χ2v) is 4.92. The smallest absolute Gasteiger partial charge is 0.200 e. The average Bonchev–Trinajstić information content (AvgIpc) is 2.48. The SMILES string of the molecule is Oc1ccc([C@@H]2Oc3c(ccc(O)c3O)[C@@H](O)[C@@H]2O)cc1. The van der Waals surface area contributed by atoms with E-state index in [0.29, 0.717) is 5.56 Å². The summed E-state index contributed by atoms with van der Waals surface area (Å²) in [5.74, 6) is -0.861. The van der Waals surface area contributed by atoms with Gasteiger partial charge in [-0.15, -0.1) is 0 Å². The van der Waals surface area contributed by atoms with Crippen LogP contribution in [0, 0.1) is 0 Å². The normalized spacial score (nSPS) is 24.2. The Morgan fingerprint density at radius 2 is 1.52 bits per heavy atom. The molecular weight excluding hydrogens is 276 g/mol. The second kappa shape index (κ2) is 4.83. The van der Waals surface area contributed by atoms with Gasteiger partial charge in [0.2, 0.25) is 5.75 Å². The summed E-state index contributed by atoms with van der Waals surface area (Å²) in [5.41, 5.74) is 0.723. The lowest BCUT2D eigenvalue weighted by Crippen LogP contribution is -2.34. The minimum atomic E-state index is -1.26. The number of phenols is 3. The molecule has 0 aromatic heterocycles. The van der Waals surface area contributed by atoms with Crippen molar-refractivity contribution in [2.24, 2.45) is 0 Å². The molecule has 6 nitrogen and oxygen atoms in total. The van der Waals surface area contributed by atoms with E-state index in [4.69, 9.17) is 4.74 Å². The number of aromatic hydroxyl groups is 3. The van der Waals surface area contributed by atoms with Gasteiger partial charge < -0.3 is 30.3 Å². The van der Waals surface area contributed by atoms with Gasteiger partial charge >= 0.3 is 0 Å². The molecule has 0 saturated heterocycles. The maximum atomic E-state index is 10.2. The van der Waals surface area contributed by atoms with E-state index < -0.39 is 24.1 Å². The van der Waals surface area contributed by atoms with Crippen LogP contribution in [-0.2, 0) is 0 Å². The van der Waals surface area contributed by atoms with E-state index in [0.717, 1.165) is 0 Å². The predicted molar refractivity (Wildman–Crippen MR) is 72.2 cm³/mol. The van der Waals surface area contributed by atoms with Crippen molar-refractivity contribution in [3.63, 3.8) is 0 Å². The molecule has 2 aromatic rings. The second-order valence-electron chi connectivity index (χ2n) is 4.92. The number of phenolic OH excluding ortho intramolecular Hbond substituents is 3. The molecule has 3 atom stereocenters. The maximum absolute atomic E-state index is 10.2. The first kappa shape index (κ1) is 13.5. The molecule has 0 amide bonds. The van der Waals surface area contributed by atoms with Gasteiger partial charge in [-0.25, -0.2) is 0 Å². The third kappa shape index (κ3) is 2.14. The summed E-state index contributed by atoms with van der Waals surface area (Å²) < 4.78 is 5.55. The van der Waals surface area contributed by atoms with Gasteiger partial charge in [0, 0.05) is 5.56 Å². The molecular formula is C15H14O6. The molecule has 110 valence electrons. The highest BCUT2D eigenvalue weighted by atomic mass is 16.5. The van der Waals surface area contributed by atoms with E-state index in [9.17, 15) is 25.5 Å². The molecule has 6 heteroatoms. The van der Waals surface area contributed by atoms with Crippen LogP contribution in [0.5, 0.6) is 23.0 Å². The van der Waals surface area contributed by atoms with Crippen molar-refractivity contribution in [2.75, 3.05) is 0 Å². The molecule has 0 bridgehead atoms. The molecule has 21 heavy (non-hydrogen) atoms. The molecule has 3 rings (SSSR count). The van der Waals surface area contributed by atoms with E-state index in [1.54, 1.807) is 12.1 Å². The Morgan fingerprint density at radius 3 is 2.19 bits per heavy atom. The topological polar surface area (TPSA) is 110 Å². The minimum Gasteiger partial charge on any atom is -0.508 e. The standard InChI is InChI=1S/C15H14O6/c16-8-3-1-7(2-4-8)14-13(20)11(18)9-5-6-10(17)12(19)15(9)21-14/h1-6,11,13-14,16-20H/t11-,13+,14+/m1/s1. The van der Waals surface area contributed by atoms with E-state index in [1.807, 2.05) is 0 Å². The summed E-state index contributed by atoms with van der Waals surface area (Å²) in [4.78, 5) is 0. The van der Waals surface area contributed by atoms with Crippen LogP contribution in [0.2, 0.25) is 0 Å². The molecule has 1 aliphatic heterocycles. The largest absolute Gasteiger partial charge is 0.508 e. The average molecular weight is 290 g/mol. The Balaban J connectivity index is 2.06. The van der Waals surface area contributed by atoms with Gasteiger partial charge in [-0.2, -0.15) is 0 Å². The molecule has 0 saturated carbocycles. The Kier molecular flexibility index (Phi) is 3.12. The van der Waals surface area contributed by atoms with Gasteiger partial charge in [0.1, 0.15) is 18.0 Å². The molecule has 0 radical (unpaired) electrons. The van der Waals surface area contributed by atoms with Crippen LogP contribution in [-0.4, -0.2) is 31.6 Å². The number of rotatable bonds is 1. The van der Waals surface area contributed by atoms with Crippen molar-refractivity contribution >= 4 is 0 Å². The zero-order chi connectivity index (χ0) is 15.1. The van der Waals surface area contributed by atoms with Gasteiger partial charge in [-0.3, -0.25) is 0 Å². The van der Waals surface area contributed by atoms with Crippen molar-refractivity contribution in [1.82, 2.24) is 0 Å². The number of aliphatic hydroxyl groups is 2. The number of fused-ring (bicyclic) bond motifs is 1. The molecule has 1 aliphatic rings. The quantitative estimate of drug-likeness (QED) is 0.507. The van der Waals surface area contributed by atoms with Gasteiger partial charge in [0.05, 0.1) is 0 Å². The molecule has 0 aliphatic carbocycles. The van der Waals surface area contributed by atoms with E-state index in [1.165, 1.54) is 24.3 Å².